The number of nitrogen functional groups attached to an aromatic ring is 1. The molecular formula is C15H14F3N5O3S2. The maximum Gasteiger partial charge on any atom is 0.433 e. The van der Waals surface area contributed by atoms with E-state index < -0.39 is 21.9 Å². The van der Waals surface area contributed by atoms with Crippen LogP contribution in [0.2, 0.25) is 0 Å². The molecule has 3 heterocycles. The van der Waals surface area contributed by atoms with E-state index in [4.69, 9.17) is 10.2 Å². The minimum atomic E-state index is -4.61. The number of thioether (sulfide) groups is 1. The van der Waals surface area contributed by atoms with Crippen molar-refractivity contribution in [1.29, 1.82) is 0 Å². The first-order chi connectivity index (χ1) is 13.0. The summed E-state index contributed by atoms with van der Waals surface area (Å²) in [6, 6.07) is 2.32. The fourth-order valence-electron chi connectivity index (χ4n) is 2.29. The molecule has 28 heavy (non-hydrogen) atoms. The van der Waals surface area contributed by atoms with Gasteiger partial charge in [0.15, 0.2) is 16.4 Å². The average molecular weight is 433 g/mol. The Morgan fingerprint density at radius 1 is 1.29 bits per heavy atom. The number of aryl methyl sites for hydroxylation is 1. The SMILES string of the molecule is CS(=O)(=O)Nc1coc2cnc(CCSc3nc(N)cc(C(F)(F)F)n3)cc12. The van der Waals surface area contributed by atoms with E-state index in [2.05, 4.69) is 19.7 Å². The first-order valence-electron chi connectivity index (χ1n) is 7.70. The van der Waals surface area contributed by atoms with Gasteiger partial charge in [0.05, 0.1) is 18.1 Å². The molecule has 150 valence electrons. The van der Waals surface area contributed by atoms with Gasteiger partial charge < -0.3 is 10.2 Å². The topological polar surface area (TPSA) is 124 Å². The number of aromatic nitrogens is 3. The first-order valence-corrected chi connectivity index (χ1v) is 10.6. The predicted octanol–water partition coefficient (Wildman–Crippen LogP) is 2.93. The number of rotatable bonds is 6. The lowest BCUT2D eigenvalue weighted by atomic mass is 10.2. The van der Waals surface area contributed by atoms with E-state index in [1.165, 1.54) is 12.5 Å². The Kier molecular flexibility index (Phi) is 5.39. The summed E-state index contributed by atoms with van der Waals surface area (Å²) in [5, 5.41) is 0.441. The highest BCUT2D eigenvalue weighted by atomic mass is 32.2. The van der Waals surface area contributed by atoms with Crippen molar-refractivity contribution in [3.05, 3.63) is 36.0 Å². The number of nitrogens with one attached hydrogen (secondary N) is 1. The lowest BCUT2D eigenvalue weighted by molar-refractivity contribution is -0.141. The molecule has 0 unspecified atom stereocenters. The van der Waals surface area contributed by atoms with E-state index in [1.807, 2.05) is 0 Å². The fourth-order valence-corrected chi connectivity index (χ4v) is 3.68. The van der Waals surface area contributed by atoms with E-state index >= 15 is 0 Å². The number of alkyl halides is 3. The van der Waals surface area contributed by atoms with Crippen LogP contribution in [0, 0.1) is 0 Å². The van der Waals surface area contributed by atoms with Gasteiger partial charge in [-0.15, -0.1) is 0 Å². The molecule has 0 aliphatic rings. The number of hydrogen-bond acceptors (Lipinski definition) is 8. The third-order valence-electron chi connectivity index (χ3n) is 3.42. The highest BCUT2D eigenvalue weighted by molar-refractivity contribution is 7.99. The van der Waals surface area contributed by atoms with Crippen molar-refractivity contribution in [2.24, 2.45) is 0 Å². The third-order valence-corrected chi connectivity index (χ3v) is 4.86. The van der Waals surface area contributed by atoms with Crippen molar-refractivity contribution in [3.63, 3.8) is 0 Å². The summed E-state index contributed by atoms with van der Waals surface area (Å²) in [4.78, 5) is 11.5. The van der Waals surface area contributed by atoms with Crippen LogP contribution in [0.1, 0.15) is 11.4 Å². The van der Waals surface area contributed by atoms with Crippen molar-refractivity contribution in [2.45, 2.75) is 17.8 Å². The number of halogens is 3. The van der Waals surface area contributed by atoms with Crippen LogP contribution >= 0.6 is 11.8 Å². The van der Waals surface area contributed by atoms with E-state index in [0.717, 1.165) is 18.0 Å². The molecule has 0 saturated carbocycles. The van der Waals surface area contributed by atoms with Gasteiger partial charge in [0, 0.05) is 22.9 Å². The van der Waals surface area contributed by atoms with Crippen LogP contribution in [0.3, 0.4) is 0 Å². The summed E-state index contributed by atoms with van der Waals surface area (Å²) >= 11 is 1.00. The lowest BCUT2D eigenvalue weighted by Gasteiger charge is -2.08. The molecule has 0 aromatic carbocycles. The monoisotopic (exact) mass is 433 g/mol. The van der Waals surface area contributed by atoms with Crippen LogP contribution in [0.15, 0.2) is 34.2 Å². The molecule has 0 atom stereocenters. The first kappa shape index (κ1) is 20.2. The molecule has 0 radical (unpaired) electrons. The zero-order valence-electron chi connectivity index (χ0n) is 14.3. The number of pyridine rings is 1. The summed E-state index contributed by atoms with van der Waals surface area (Å²) in [5.74, 6) is 0.0747. The molecule has 0 aliphatic heterocycles. The summed E-state index contributed by atoms with van der Waals surface area (Å²) in [7, 11) is -3.48. The number of anilines is 2. The van der Waals surface area contributed by atoms with Gasteiger partial charge in [-0.3, -0.25) is 9.71 Å². The summed E-state index contributed by atoms with van der Waals surface area (Å²) in [5.41, 5.74) is 5.59. The fraction of sp³-hybridized carbons (Fsp3) is 0.267. The van der Waals surface area contributed by atoms with Crippen LogP contribution in [-0.4, -0.2) is 35.4 Å². The second kappa shape index (κ2) is 7.47. The standard InChI is InChI=1S/C15H14F3N5O3S2/c1-28(24,25)23-10-7-26-11-6-20-8(4-9(10)11)2-3-27-14-21-12(15(16,17)18)5-13(19)22-14/h4-7,23H,2-3H2,1H3,(H2,19,21,22). The average Bonchev–Trinajstić information content (AvgIpc) is 2.94. The van der Waals surface area contributed by atoms with Gasteiger partial charge >= 0.3 is 6.18 Å². The molecule has 0 spiro atoms. The molecule has 3 aromatic heterocycles. The zero-order valence-corrected chi connectivity index (χ0v) is 16.0. The van der Waals surface area contributed by atoms with Gasteiger partial charge in [-0.25, -0.2) is 18.4 Å². The number of nitrogens with zero attached hydrogens (tertiary/aromatic N) is 3. The molecule has 0 fully saturated rings. The summed E-state index contributed by atoms with van der Waals surface area (Å²) < 4.78 is 68.8. The van der Waals surface area contributed by atoms with Crippen LogP contribution in [-0.2, 0) is 22.6 Å². The highest BCUT2D eigenvalue weighted by Gasteiger charge is 2.33. The largest absolute Gasteiger partial charge is 0.460 e. The number of furan rings is 1. The zero-order chi connectivity index (χ0) is 20.5. The molecular weight excluding hydrogens is 419 g/mol. The molecule has 3 rings (SSSR count). The predicted molar refractivity (Wildman–Crippen MR) is 98.3 cm³/mol. The Hall–Kier alpha value is -2.54. The molecule has 3 aromatic rings. The van der Waals surface area contributed by atoms with Gasteiger partial charge in [-0.2, -0.15) is 13.2 Å². The van der Waals surface area contributed by atoms with E-state index in [1.54, 1.807) is 6.07 Å². The number of hydrogen-bond donors (Lipinski definition) is 2. The lowest BCUT2D eigenvalue weighted by Crippen LogP contribution is -2.11. The molecule has 13 heteroatoms. The quantitative estimate of drug-likeness (QED) is 0.449. The summed E-state index contributed by atoms with van der Waals surface area (Å²) in [6.07, 6.45) is -0.495. The molecule has 8 nitrogen and oxygen atoms in total. The second-order valence-corrected chi connectivity index (χ2v) is 8.56. The molecule has 0 aliphatic carbocycles. The van der Waals surface area contributed by atoms with Gasteiger partial charge in [-0.05, 0) is 12.5 Å². The van der Waals surface area contributed by atoms with E-state index in [9.17, 15) is 21.6 Å². The van der Waals surface area contributed by atoms with Crippen molar-refractivity contribution in [1.82, 2.24) is 15.0 Å². The van der Waals surface area contributed by atoms with Gasteiger partial charge in [-0.1, -0.05) is 11.8 Å². The van der Waals surface area contributed by atoms with Crippen molar-refractivity contribution >= 4 is 44.3 Å². The Labute approximate surface area is 161 Å². The van der Waals surface area contributed by atoms with E-state index in [-0.39, 0.29) is 16.7 Å². The Bertz CT molecular complexity index is 1120. The third kappa shape index (κ3) is 5.04. The van der Waals surface area contributed by atoms with Crippen LogP contribution in [0.4, 0.5) is 24.7 Å². The number of sulfonamides is 1. The molecule has 0 amide bonds. The summed E-state index contributed by atoms with van der Waals surface area (Å²) in [6.45, 7) is 0. The van der Waals surface area contributed by atoms with Crippen molar-refractivity contribution in [3.8, 4) is 0 Å². The number of nitrogens with two attached hydrogens (primary N) is 1. The minimum absolute atomic E-state index is 0.0869. The van der Waals surface area contributed by atoms with Crippen LogP contribution in [0.5, 0.6) is 0 Å². The number of fused-ring (bicyclic) bond motifs is 1. The highest BCUT2D eigenvalue weighted by Crippen LogP contribution is 2.30. The van der Waals surface area contributed by atoms with E-state index in [0.29, 0.717) is 34.9 Å². The second-order valence-electron chi connectivity index (χ2n) is 5.75. The molecule has 0 saturated heterocycles. The Balaban J connectivity index is 1.72. The maximum atomic E-state index is 12.8. The normalized spacial score (nSPS) is 12.4. The molecule has 0 bridgehead atoms. The van der Waals surface area contributed by atoms with Gasteiger partial charge in [0.2, 0.25) is 10.0 Å². The van der Waals surface area contributed by atoms with Crippen molar-refractivity contribution < 1.29 is 26.0 Å². The Morgan fingerprint density at radius 3 is 2.71 bits per heavy atom. The van der Waals surface area contributed by atoms with Crippen molar-refractivity contribution in [2.75, 3.05) is 22.5 Å². The van der Waals surface area contributed by atoms with Gasteiger partial charge in [0.25, 0.3) is 0 Å². The smallest absolute Gasteiger partial charge is 0.433 e. The van der Waals surface area contributed by atoms with Crippen LogP contribution in [0.25, 0.3) is 11.0 Å². The molecule has 3 N–H and O–H groups in total. The Morgan fingerprint density at radius 2 is 2.04 bits per heavy atom. The minimum Gasteiger partial charge on any atom is -0.460 e. The van der Waals surface area contributed by atoms with Crippen LogP contribution < -0.4 is 10.5 Å². The maximum absolute atomic E-state index is 12.8. The van der Waals surface area contributed by atoms with Gasteiger partial charge in [0.1, 0.15) is 12.1 Å².